The first-order valence-corrected chi connectivity index (χ1v) is 7.39. The van der Waals surface area contributed by atoms with Crippen LogP contribution in [0.4, 0.5) is 5.69 Å². The highest BCUT2D eigenvalue weighted by Crippen LogP contribution is 2.31. The van der Waals surface area contributed by atoms with E-state index in [-0.39, 0.29) is 0 Å². The number of hydrogen-bond donors (Lipinski definition) is 2. The van der Waals surface area contributed by atoms with Crippen LogP contribution in [0, 0.1) is 0 Å². The number of carboxylic acids is 1. The number of rotatable bonds is 3. The molecule has 1 saturated heterocycles. The molecule has 1 heterocycles. The maximum atomic E-state index is 11.4. The van der Waals surface area contributed by atoms with Crippen molar-refractivity contribution in [3.8, 4) is 0 Å². The lowest BCUT2D eigenvalue weighted by atomic mass is 10.1. The summed E-state index contributed by atoms with van der Waals surface area (Å²) in [5, 5.41) is 9.40. The molecule has 1 fully saturated rings. The molecule has 0 radical (unpaired) electrons. The first kappa shape index (κ1) is 14.8. The maximum absolute atomic E-state index is 11.4. The average Bonchev–Trinajstić information content (AvgIpc) is 2.64. The van der Waals surface area contributed by atoms with Gasteiger partial charge in [-0.2, -0.15) is 0 Å². The molecular formula is C14H17BrN2O3. The Labute approximate surface area is 125 Å². The summed E-state index contributed by atoms with van der Waals surface area (Å²) in [7, 11) is 0. The van der Waals surface area contributed by atoms with E-state index >= 15 is 0 Å². The van der Waals surface area contributed by atoms with Crippen molar-refractivity contribution < 1.29 is 14.7 Å². The van der Waals surface area contributed by atoms with Crippen molar-refractivity contribution in [2.45, 2.75) is 31.7 Å². The fourth-order valence-electron chi connectivity index (χ4n) is 2.55. The second-order valence-electron chi connectivity index (χ2n) is 4.93. The normalized spacial score (nSPS) is 19.4. The summed E-state index contributed by atoms with van der Waals surface area (Å²) < 4.78 is 0.696. The first-order valence-electron chi connectivity index (χ1n) is 6.59. The minimum atomic E-state index is -0.808. The van der Waals surface area contributed by atoms with Gasteiger partial charge >= 0.3 is 5.97 Å². The van der Waals surface area contributed by atoms with Gasteiger partial charge in [0.2, 0.25) is 5.91 Å². The van der Waals surface area contributed by atoms with Gasteiger partial charge in [-0.25, -0.2) is 4.79 Å². The van der Waals surface area contributed by atoms with E-state index in [1.165, 1.54) is 0 Å². The number of carbonyl (C=O) groups is 2. The van der Waals surface area contributed by atoms with Gasteiger partial charge in [0.15, 0.2) is 0 Å². The molecule has 1 amide bonds. The van der Waals surface area contributed by atoms with E-state index in [4.69, 9.17) is 5.73 Å². The lowest BCUT2D eigenvalue weighted by Crippen LogP contribution is -2.41. The molecule has 0 bridgehead atoms. The molecule has 1 aromatic carbocycles. The van der Waals surface area contributed by atoms with Crippen LogP contribution in [0.3, 0.4) is 0 Å². The molecule has 20 heavy (non-hydrogen) atoms. The molecule has 0 saturated carbocycles. The van der Waals surface area contributed by atoms with Crippen LogP contribution in [0.15, 0.2) is 22.7 Å². The Hall–Kier alpha value is -1.56. The topological polar surface area (TPSA) is 83.6 Å². The van der Waals surface area contributed by atoms with Crippen LogP contribution in [0.2, 0.25) is 0 Å². The van der Waals surface area contributed by atoms with Crippen LogP contribution < -0.4 is 10.6 Å². The molecule has 3 N–H and O–H groups in total. The molecule has 1 aromatic rings. The van der Waals surface area contributed by atoms with Gasteiger partial charge in [0.25, 0.3) is 0 Å². The van der Waals surface area contributed by atoms with Gasteiger partial charge in [-0.1, -0.05) is 12.8 Å². The predicted octanol–water partition coefficient (Wildman–Crippen LogP) is 2.38. The number of amides is 1. The minimum Gasteiger partial charge on any atom is -0.480 e. The van der Waals surface area contributed by atoms with Crippen LogP contribution in [0.5, 0.6) is 0 Å². The SMILES string of the molecule is NC(=O)c1ccc(N2CCCCCC2C(=O)O)c(Br)c1. The summed E-state index contributed by atoms with van der Waals surface area (Å²) in [5.74, 6) is -1.30. The molecule has 6 heteroatoms. The Balaban J connectivity index is 2.36. The van der Waals surface area contributed by atoms with Gasteiger partial charge in [-0.3, -0.25) is 4.79 Å². The van der Waals surface area contributed by atoms with Crippen LogP contribution in [0.25, 0.3) is 0 Å². The summed E-state index contributed by atoms with van der Waals surface area (Å²) in [6.07, 6.45) is 3.56. The highest BCUT2D eigenvalue weighted by Gasteiger charge is 2.28. The zero-order chi connectivity index (χ0) is 14.7. The van der Waals surface area contributed by atoms with E-state index < -0.39 is 17.9 Å². The van der Waals surface area contributed by atoms with Crippen molar-refractivity contribution in [1.29, 1.82) is 0 Å². The Kier molecular flexibility index (Phi) is 4.65. The van der Waals surface area contributed by atoms with E-state index in [0.29, 0.717) is 23.0 Å². The van der Waals surface area contributed by atoms with Crippen molar-refractivity contribution in [2.24, 2.45) is 5.73 Å². The van der Waals surface area contributed by atoms with Gasteiger partial charge in [0.05, 0.1) is 5.69 Å². The summed E-state index contributed by atoms with van der Waals surface area (Å²) in [4.78, 5) is 24.5. The molecule has 0 aliphatic carbocycles. The van der Waals surface area contributed by atoms with Crippen molar-refractivity contribution in [1.82, 2.24) is 0 Å². The van der Waals surface area contributed by atoms with E-state index in [9.17, 15) is 14.7 Å². The number of hydrogen-bond acceptors (Lipinski definition) is 3. The van der Waals surface area contributed by atoms with Crippen LogP contribution >= 0.6 is 15.9 Å². The fraction of sp³-hybridized carbons (Fsp3) is 0.429. The molecule has 1 unspecified atom stereocenters. The van der Waals surface area contributed by atoms with Gasteiger partial charge in [-0.15, -0.1) is 0 Å². The largest absolute Gasteiger partial charge is 0.480 e. The van der Waals surface area contributed by atoms with Gasteiger partial charge in [-0.05, 0) is 47.0 Å². The zero-order valence-electron chi connectivity index (χ0n) is 11.0. The molecule has 108 valence electrons. The number of carboxylic acid groups (broad SMARTS) is 1. The highest BCUT2D eigenvalue weighted by molar-refractivity contribution is 9.10. The first-order chi connectivity index (χ1) is 9.50. The average molecular weight is 341 g/mol. The Bertz CT molecular complexity index is 533. The molecule has 0 aromatic heterocycles. The second kappa shape index (κ2) is 6.26. The standard InChI is InChI=1S/C14H17BrN2O3/c15-10-8-9(13(16)18)5-6-11(10)17-7-3-1-2-4-12(17)14(19)20/h5-6,8,12H,1-4,7H2,(H2,16,18)(H,19,20). The molecule has 1 atom stereocenters. The number of nitrogens with two attached hydrogens (primary N) is 1. The number of halogens is 1. The number of nitrogens with zero attached hydrogens (tertiary/aromatic N) is 1. The van der Waals surface area contributed by atoms with E-state index in [2.05, 4.69) is 15.9 Å². The summed E-state index contributed by atoms with van der Waals surface area (Å²) in [6.45, 7) is 0.700. The quantitative estimate of drug-likeness (QED) is 0.884. The van der Waals surface area contributed by atoms with Crippen molar-refractivity contribution in [3.63, 3.8) is 0 Å². The third kappa shape index (κ3) is 3.12. The summed E-state index contributed by atoms with van der Waals surface area (Å²) in [5.41, 5.74) is 6.44. The number of carbonyl (C=O) groups excluding carboxylic acids is 1. The third-order valence-corrected chi connectivity index (χ3v) is 4.21. The van der Waals surface area contributed by atoms with Crippen molar-refractivity contribution >= 4 is 33.5 Å². The molecule has 0 spiro atoms. The van der Waals surface area contributed by atoms with E-state index in [0.717, 1.165) is 24.9 Å². The fourth-order valence-corrected chi connectivity index (χ4v) is 3.15. The van der Waals surface area contributed by atoms with Crippen LogP contribution in [0.1, 0.15) is 36.0 Å². The van der Waals surface area contributed by atoms with Crippen molar-refractivity contribution in [2.75, 3.05) is 11.4 Å². The molecule has 5 nitrogen and oxygen atoms in total. The maximum Gasteiger partial charge on any atom is 0.326 e. The smallest absolute Gasteiger partial charge is 0.326 e. The number of aliphatic carboxylic acids is 1. The second-order valence-corrected chi connectivity index (χ2v) is 5.78. The Morgan fingerprint density at radius 2 is 2.05 bits per heavy atom. The van der Waals surface area contributed by atoms with E-state index in [1.807, 2.05) is 4.90 Å². The predicted molar refractivity (Wildman–Crippen MR) is 79.9 cm³/mol. The molecule has 1 aliphatic rings. The monoisotopic (exact) mass is 340 g/mol. The molecule has 1 aliphatic heterocycles. The third-order valence-electron chi connectivity index (χ3n) is 3.58. The van der Waals surface area contributed by atoms with Crippen LogP contribution in [-0.4, -0.2) is 29.6 Å². The van der Waals surface area contributed by atoms with Crippen molar-refractivity contribution in [3.05, 3.63) is 28.2 Å². The Morgan fingerprint density at radius 1 is 1.30 bits per heavy atom. The van der Waals surface area contributed by atoms with E-state index in [1.54, 1.807) is 18.2 Å². The number of anilines is 1. The summed E-state index contributed by atoms with van der Waals surface area (Å²) >= 11 is 3.41. The minimum absolute atomic E-state index is 0.405. The van der Waals surface area contributed by atoms with Gasteiger partial charge in [0, 0.05) is 16.6 Å². The number of benzene rings is 1. The molecule has 2 rings (SSSR count). The van der Waals surface area contributed by atoms with Gasteiger partial charge in [0.1, 0.15) is 6.04 Å². The van der Waals surface area contributed by atoms with Gasteiger partial charge < -0.3 is 15.7 Å². The lowest BCUT2D eigenvalue weighted by Gasteiger charge is -2.30. The summed E-state index contributed by atoms with van der Waals surface area (Å²) in [6, 6.07) is 4.51. The lowest BCUT2D eigenvalue weighted by molar-refractivity contribution is -0.138. The molecular weight excluding hydrogens is 324 g/mol. The highest BCUT2D eigenvalue weighted by atomic mass is 79.9. The Morgan fingerprint density at radius 3 is 2.65 bits per heavy atom. The van der Waals surface area contributed by atoms with Crippen LogP contribution in [-0.2, 0) is 4.79 Å². The zero-order valence-corrected chi connectivity index (χ0v) is 12.6. The number of primary amides is 1.